The number of benzene rings is 3. The number of carbonyl (C=O) groups excluding carboxylic acids is 2. The van der Waals surface area contributed by atoms with Gasteiger partial charge in [-0.2, -0.15) is 0 Å². The maximum Gasteiger partial charge on any atom is 0.262 e. The summed E-state index contributed by atoms with van der Waals surface area (Å²) in [5.74, 6) is 0.992. The molecule has 2 aliphatic heterocycles. The Labute approximate surface area is 175 Å². The van der Waals surface area contributed by atoms with Crippen molar-refractivity contribution in [3.05, 3.63) is 95.6 Å². The lowest BCUT2D eigenvalue weighted by Gasteiger charge is -2.44. The fraction of sp³-hybridized carbons (Fsp3) is 0.200. The number of ether oxygens (including phenoxy) is 1. The molecule has 5 heteroatoms. The Morgan fingerprint density at radius 1 is 0.933 bits per heavy atom. The molecule has 1 N–H and O–H groups in total. The third-order valence-corrected chi connectivity index (χ3v) is 5.85. The Morgan fingerprint density at radius 3 is 2.20 bits per heavy atom. The molecule has 0 aromatic heterocycles. The molecule has 0 aliphatic carbocycles. The lowest BCUT2D eigenvalue weighted by molar-refractivity contribution is -0.118. The van der Waals surface area contributed by atoms with Crippen molar-refractivity contribution in [3.63, 3.8) is 0 Å². The lowest BCUT2D eigenvalue weighted by atomic mass is 9.76. The van der Waals surface area contributed by atoms with E-state index in [1.807, 2.05) is 17.0 Å². The second-order valence-corrected chi connectivity index (χ2v) is 7.82. The first-order valence-corrected chi connectivity index (χ1v) is 10.1. The second-order valence-electron chi connectivity index (χ2n) is 7.82. The zero-order valence-corrected chi connectivity index (χ0v) is 16.5. The highest BCUT2D eigenvalue weighted by Gasteiger charge is 2.38. The predicted octanol–water partition coefficient (Wildman–Crippen LogP) is 3.92. The first-order valence-electron chi connectivity index (χ1n) is 10.1. The quantitative estimate of drug-likeness (QED) is 0.725. The van der Waals surface area contributed by atoms with E-state index in [0.717, 1.165) is 0 Å². The summed E-state index contributed by atoms with van der Waals surface area (Å²) in [6.45, 7) is 1.41. The van der Waals surface area contributed by atoms with Crippen LogP contribution < -0.4 is 10.1 Å². The fourth-order valence-electron chi connectivity index (χ4n) is 4.35. The molecule has 5 rings (SSSR count). The average molecular weight is 398 g/mol. The summed E-state index contributed by atoms with van der Waals surface area (Å²) in [7, 11) is 0. The molecule has 30 heavy (non-hydrogen) atoms. The Hall–Kier alpha value is -3.60. The van der Waals surface area contributed by atoms with Crippen molar-refractivity contribution >= 4 is 17.5 Å². The monoisotopic (exact) mass is 398 g/mol. The average Bonchev–Trinajstić information content (AvgIpc) is 2.76. The van der Waals surface area contributed by atoms with Gasteiger partial charge in [-0.3, -0.25) is 9.59 Å². The molecule has 5 nitrogen and oxygen atoms in total. The molecule has 1 saturated heterocycles. The summed E-state index contributed by atoms with van der Waals surface area (Å²) < 4.78 is 5.38. The van der Waals surface area contributed by atoms with Gasteiger partial charge in [-0.15, -0.1) is 0 Å². The predicted molar refractivity (Wildman–Crippen MR) is 115 cm³/mol. The molecular formula is C25H22N2O3. The second kappa shape index (κ2) is 7.67. The zero-order chi connectivity index (χ0) is 20.5. The number of fused-ring (bicyclic) bond motifs is 1. The van der Waals surface area contributed by atoms with Gasteiger partial charge >= 0.3 is 0 Å². The third-order valence-electron chi connectivity index (χ3n) is 5.85. The van der Waals surface area contributed by atoms with Gasteiger partial charge in [0.25, 0.3) is 11.8 Å². The van der Waals surface area contributed by atoms with Crippen molar-refractivity contribution in [2.45, 2.75) is 5.92 Å². The number of likely N-dealkylation sites (tertiary alicyclic amines) is 1. The number of amides is 2. The number of nitrogens with one attached hydrogen (secondary N) is 1. The molecule has 0 spiro atoms. The maximum absolute atomic E-state index is 13.0. The van der Waals surface area contributed by atoms with Crippen LogP contribution in [-0.2, 0) is 4.79 Å². The summed E-state index contributed by atoms with van der Waals surface area (Å²) in [5, 5.41) is 2.77. The topological polar surface area (TPSA) is 58.6 Å². The molecule has 2 heterocycles. The van der Waals surface area contributed by atoms with Gasteiger partial charge in [-0.1, -0.05) is 60.7 Å². The zero-order valence-electron chi connectivity index (χ0n) is 16.5. The summed E-state index contributed by atoms with van der Waals surface area (Å²) in [6, 6.07) is 26.2. The molecule has 3 aromatic rings. The summed E-state index contributed by atoms with van der Waals surface area (Å²) in [6.07, 6.45) is 0. The van der Waals surface area contributed by atoms with Crippen LogP contribution >= 0.6 is 0 Å². The van der Waals surface area contributed by atoms with Gasteiger partial charge in [0.1, 0.15) is 5.75 Å². The van der Waals surface area contributed by atoms with Gasteiger partial charge in [-0.05, 0) is 29.3 Å². The highest BCUT2D eigenvalue weighted by molar-refractivity contribution is 6.00. The molecule has 3 aromatic carbocycles. The van der Waals surface area contributed by atoms with E-state index in [1.165, 1.54) is 11.1 Å². The molecule has 0 bridgehead atoms. The van der Waals surface area contributed by atoms with Crippen LogP contribution in [0.4, 0.5) is 5.69 Å². The van der Waals surface area contributed by atoms with Gasteiger partial charge in [0.15, 0.2) is 6.61 Å². The maximum atomic E-state index is 13.0. The number of rotatable bonds is 4. The van der Waals surface area contributed by atoms with E-state index in [0.29, 0.717) is 36.0 Å². The fourth-order valence-corrected chi connectivity index (χ4v) is 4.35. The van der Waals surface area contributed by atoms with Crippen molar-refractivity contribution < 1.29 is 14.3 Å². The highest BCUT2D eigenvalue weighted by atomic mass is 16.5. The van der Waals surface area contributed by atoms with Crippen molar-refractivity contribution in [1.29, 1.82) is 0 Å². The Bertz CT molecular complexity index is 1040. The molecule has 0 atom stereocenters. The van der Waals surface area contributed by atoms with Crippen molar-refractivity contribution in [1.82, 2.24) is 4.90 Å². The summed E-state index contributed by atoms with van der Waals surface area (Å²) in [4.78, 5) is 26.4. The number of nitrogens with zero attached hydrogens (tertiary/aromatic N) is 1. The SMILES string of the molecule is O=C1COc2ccc(C(=O)N3CC(C(c4ccccc4)c4ccccc4)C3)cc2N1. The standard InChI is InChI=1S/C25H22N2O3/c28-23-16-30-22-12-11-19(13-21(22)26-23)25(29)27-14-20(15-27)24(17-7-3-1-4-8-17)18-9-5-2-6-10-18/h1-13,20,24H,14-16H2,(H,26,28). The summed E-state index contributed by atoms with van der Waals surface area (Å²) in [5.41, 5.74) is 3.67. The van der Waals surface area contributed by atoms with E-state index < -0.39 is 0 Å². The minimum Gasteiger partial charge on any atom is -0.482 e. The largest absolute Gasteiger partial charge is 0.482 e. The van der Waals surface area contributed by atoms with Crippen LogP contribution in [0.2, 0.25) is 0 Å². The van der Waals surface area contributed by atoms with Gasteiger partial charge < -0.3 is 15.0 Å². The number of anilines is 1. The van der Waals surface area contributed by atoms with Gasteiger partial charge in [-0.25, -0.2) is 0 Å². The molecule has 150 valence electrons. The Morgan fingerprint density at radius 2 is 1.57 bits per heavy atom. The molecule has 1 fully saturated rings. The minimum absolute atomic E-state index is 0.00839. The van der Waals surface area contributed by atoms with Crippen molar-refractivity contribution in [2.75, 3.05) is 25.0 Å². The molecule has 0 saturated carbocycles. The number of hydrogen-bond donors (Lipinski definition) is 1. The molecule has 0 radical (unpaired) electrons. The normalized spacial score (nSPS) is 15.8. The van der Waals surface area contributed by atoms with Gasteiger partial charge in [0.2, 0.25) is 0 Å². The van der Waals surface area contributed by atoms with Gasteiger partial charge in [0, 0.05) is 30.5 Å². The van der Waals surface area contributed by atoms with Crippen LogP contribution in [-0.4, -0.2) is 36.4 Å². The Balaban J connectivity index is 1.34. The van der Waals surface area contributed by atoms with E-state index in [1.54, 1.807) is 18.2 Å². The lowest BCUT2D eigenvalue weighted by Crippen LogP contribution is -2.52. The molecule has 2 amide bonds. The highest BCUT2D eigenvalue weighted by Crippen LogP contribution is 2.38. The Kier molecular flexibility index (Phi) is 4.71. The van der Waals surface area contributed by atoms with Crippen LogP contribution in [0.25, 0.3) is 0 Å². The first kappa shape index (κ1) is 18.4. The smallest absolute Gasteiger partial charge is 0.262 e. The first-order chi connectivity index (χ1) is 14.7. The van der Waals surface area contributed by atoms with E-state index in [-0.39, 0.29) is 24.3 Å². The van der Waals surface area contributed by atoms with Crippen LogP contribution in [0.15, 0.2) is 78.9 Å². The van der Waals surface area contributed by atoms with E-state index in [2.05, 4.69) is 53.8 Å². The molecule has 0 unspecified atom stereocenters. The van der Waals surface area contributed by atoms with Gasteiger partial charge in [0.05, 0.1) is 5.69 Å². The van der Waals surface area contributed by atoms with Crippen LogP contribution in [0.3, 0.4) is 0 Å². The summed E-state index contributed by atoms with van der Waals surface area (Å²) >= 11 is 0. The molecular weight excluding hydrogens is 376 g/mol. The van der Waals surface area contributed by atoms with Crippen molar-refractivity contribution in [3.8, 4) is 5.75 Å². The number of carbonyl (C=O) groups is 2. The van der Waals surface area contributed by atoms with E-state index >= 15 is 0 Å². The number of hydrogen-bond acceptors (Lipinski definition) is 3. The van der Waals surface area contributed by atoms with E-state index in [4.69, 9.17) is 4.74 Å². The third kappa shape index (κ3) is 3.43. The minimum atomic E-state index is -0.204. The van der Waals surface area contributed by atoms with Crippen LogP contribution in [0.1, 0.15) is 27.4 Å². The molecule has 2 aliphatic rings. The van der Waals surface area contributed by atoms with Crippen LogP contribution in [0, 0.1) is 5.92 Å². The van der Waals surface area contributed by atoms with Crippen LogP contribution in [0.5, 0.6) is 5.75 Å². The van der Waals surface area contributed by atoms with E-state index in [9.17, 15) is 9.59 Å². The van der Waals surface area contributed by atoms with Crippen molar-refractivity contribution in [2.24, 2.45) is 5.92 Å².